The quantitative estimate of drug-likeness (QED) is 0.674. The number of hydrogen-bond donors (Lipinski definition) is 3. The Bertz CT molecular complexity index is 540. The number of rotatable bonds is 3. The van der Waals surface area contributed by atoms with Crippen LogP contribution in [0.1, 0.15) is 0 Å². The van der Waals surface area contributed by atoms with E-state index in [9.17, 15) is 4.79 Å². The van der Waals surface area contributed by atoms with Gasteiger partial charge in [0.1, 0.15) is 6.54 Å². The van der Waals surface area contributed by atoms with Crippen molar-refractivity contribution in [1.29, 1.82) is 0 Å². The van der Waals surface area contributed by atoms with Gasteiger partial charge in [0.15, 0.2) is 0 Å². The smallest absolute Gasteiger partial charge is 0.322 e. The lowest BCUT2D eigenvalue weighted by Crippen LogP contribution is -2.13. The number of nitrogen functional groups attached to an aromatic ring is 1. The number of nitrogens with two attached hydrogens (primary N) is 1. The summed E-state index contributed by atoms with van der Waals surface area (Å²) in [5.74, 6) is -0.925. The summed E-state index contributed by atoms with van der Waals surface area (Å²) in [6, 6.07) is 7.17. The zero-order chi connectivity index (χ0) is 11.5. The fraction of sp³-hybridized carbons (Fsp3) is 0.0909. The molecule has 82 valence electrons. The molecule has 4 N–H and O–H groups in total. The predicted molar refractivity (Wildman–Crippen MR) is 62.3 cm³/mol. The maximum atomic E-state index is 10.4. The van der Waals surface area contributed by atoms with E-state index < -0.39 is 5.97 Å². The second-order valence-electron chi connectivity index (χ2n) is 3.34. The van der Waals surface area contributed by atoms with Crippen molar-refractivity contribution in [2.75, 3.05) is 17.6 Å². The van der Waals surface area contributed by atoms with E-state index in [-0.39, 0.29) is 6.54 Å². The fourth-order valence-corrected chi connectivity index (χ4v) is 1.50. The van der Waals surface area contributed by atoms with Gasteiger partial charge in [0.2, 0.25) is 0 Å². The number of benzene rings is 1. The van der Waals surface area contributed by atoms with Crippen LogP contribution in [0.5, 0.6) is 0 Å². The largest absolute Gasteiger partial charge is 0.480 e. The van der Waals surface area contributed by atoms with Crippen LogP contribution in [0.3, 0.4) is 0 Å². The van der Waals surface area contributed by atoms with Gasteiger partial charge >= 0.3 is 5.97 Å². The highest BCUT2D eigenvalue weighted by Gasteiger charge is 2.05. The topological polar surface area (TPSA) is 88.2 Å². The number of aromatic nitrogens is 1. The van der Waals surface area contributed by atoms with E-state index in [1.807, 2.05) is 6.07 Å². The number of fused-ring (bicyclic) bond motifs is 1. The normalized spacial score (nSPS) is 10.2. The van der Waals surface area contributed by atoms with E-state index in [2.05, 4.69) is 10.3 Å². The Hall–Kier alpha value is -2.30. The van der Waals surface area contributed by atoms with E-state index in [0.29, 0.717) is 11.4 Å². The Balaban J connectivity index is 2.40. The third-order valence-corrected chi connectivity index (χ3v) is 2.26. The lowest BCUT2D eigenvalue weighted by Gasteiger charge is -2.09. The SMILES string of the molecule is Nc1c(NCC(=O)O)ccc2ncccc12. The summed E-state index contributed by atoms with van der Waals surface area (Å²) in [5, 5.41) is 12.1. The number of carboxylic acid groups (broad SMARTS) is 1. The molecule has 0 bridgehead atoms. The molecule has 2 rings (SSSR count). The van der Waals surface area contributed by atoms with Crippen molar-refractivity contribution >= 4 is 28.2 Å². The lowest BCUT2D eigenvalue weighted by molar-refractivity contribution is -0.134. The van der Waals surface area contributed by atoms with Crippen LogP contribution in [-0.4, -0.2) is 22.6 Å². The Morgan fingerprint density at radius 3 is 3.00 bits per heavy atom. The van der Waals surface area contributed by atoms with Gasteiger partial charge in [0.25, 0.3) is 0 Å². The van der Waals surface area contributed by atoms with Crippen molar-refractivity contribution in [3.05, 3.63) is 30.5 Å². The first kappa shape index (κ1) is 10.2. The molecule has 0 fully saturated rings. The summed E-state index contributed by atoms with van der Waals surface area (Å²) >= 11 is 0. The molecule has 0 radical (unpaired) electrons. The average molecular weight is 217 g/mol. The van der Waals surface area contributed by atoms with Crippen LogP contribution in [0.15, 0.2) is 30.5 Å². The van der Waals surface area contributed by atoms with E-state index in [4.69, 9.17) is 10.8 Å². The number of pyridine rings is 1. The maximum absolute atomic E-state index is 10.4. The third kappa shape index (κ3) is 1.88. The van der Waals surface area contributed by atoms with Crippen LogP contribution in [-0.2, 0) is 4.79 Å². The van der Waals surface area contributed by atoms with Gasteiger partial charge in [-0.2, -0.15) is 0 Å². The number of aliphatic carboxylic acids is 1. The Kier molecular flexibility index (Phi) is 2.59. The zero-order valence-electron chi connectivity index (χ0n) is 8.47. The first-order valence-electron chi connectivity index (χ1n) is 4.77. The van der Waals surface area contributed by atoms with Gasteiger partial charge in [-0.25, -0.2) is 0 Å². The van der Waals surface area contributed by atoms with Gasteiger partial charge in [0.05, 0.1) is 16.9 Å². The van der Waals surface area contributed by atoms with E-state index in [1.165, 1.54) is 0 Å². The molecule has 0 saturated heterocycles. The van der Waals surface area contributed by atoms with Crippen LogP contribution in [0.25, 0.3) is 10.9 Å². The molecule has 5 nitrogen and oxygen atoms in total. The minimum Gasteiger partial charge on any atom is -0.480 e. The van der Waals surface area contributed by atoms with Crippen LogP contribution in [0, 0.1) is 0 Å². The summed E-state index contributed by atoms with van der Waals surface area (Å²) in [6.45, 7) is -0.157. The summed E-state index contributed by atoms with van der Waals surface area (Å²) < 4.78 is 0. The van der Waals surface area contributed by atoms with Crippen molar-refractivity contribution in [3.8, 4) is 0 Å². The Morgan fingerprint density at radius 2 is 2.25 bits per heavy atom. The molecular weight excluding hydrogens is 206 g/mol. The lowest BCUT2D eigenvalue weighted by atomic mass is 10.1. The van der Waals surface area contributed by atoms with Crippen LogP contribution in [0.2, 0.25) is 0 Å². The summed E-state index contributed by atoms with van der Waals surface area (Å²) in [4.78, 5) is 14.6. The number of carbonyl (C=O) groups is 1. The molecule has 5 heteroatoms. The second kappa shape index (κ2) is 4.06. The number of hydrogen-bond acceptors (Lipinski definition) is 4. The van der Waals surface area contributed by atoms with E-state index in [0.717, 1.165) is 10.9 Å². The first-order chi connectivity index (χ1) is 7.68. The minimum absolute atomic E-state index is 0.157. The van der Waals surface area contributed by atoms with Crippen LogP contribution in [0.4, 0.5) is 11.4 Å². The summed E-state index contributed by atoms with van der Waals surface area (Å²) in [6.07, 6.45) is 1.69. The van der Waals surface area contributed by atoms with Crippen molar-refractivity contribution in [2.24, 2.45) is 0 Å². The molecule has 0 unspecified atom stereocenters. The molecule has 0 atom stereocenters. The molecule has 0 spiro atoms. The molecule has 0 amide bonds. The predicted octanol–water partition coefficient (Wildman–Crippen LogP) is 1.31. The molecule has 1 aromatic carbocycles. The molecule has 16 heavy (non-hydrogen) atoms. The maximum Gasteiger partial charge on any atom is 0.322 e. The molecule has 0 saturated carbocycles. The molecule has 0 aliphatic heterocycles. The molecule has 1 heterocycles. The zero-order valence-corrected chi connectivity index (χ0v) is 8.47. The van der Waals surface area contributed by atoms with Crippen molar-refractivity contribution in [2.45, 2.75) is 0 Å². The monoisotopic (exact) mass is 217 g/mol. The number of anilines is 2. The van der Waals surface area contributed by atoms with Crippen LogP contribution >= 0.6 is 0 Å². The molecule has 1 aromatic heterocycles. The molecule has 0 aliphatic rings. The van der Waals surface area contributed by atoms with E-state index in [1.54, 1.807) is 24.4 Å². The highest BCUT2D eigenvalue weighted by molar-refractivity contribution is 5.97. The van der Waals surface area contributed by atoms with Crippen LogP contribution < -0.4 is 11.1 Å². The molecular formula is C11H11N3O2. The number of nitrogens with one attached hydrogen (secondary N) is 1. The highest BCUT2D eigenvalue weighted by atomic mass is 16.4. The molecule has 2 aromatic rings. The van der Waals surface area contributed by atoms with Gasteiger partial charge < -0.3 is 16.2 Å². The average Bonchev–Trinajstić information content (AvgIpc) is 2.28. The van der Waals surface area contributed by atoms with Gasteiger partial charge in [-0.3, -0.25) is 9.78 Å². The van der Waals surface area contributed by atoms with Crippen molar-refractivity contribution in [1.82, 2.24) is 4.98 Å². The summed E-state index contributed by atoms with van der Waals surface area (Å²) in [7, 11) is 0. The van der Waals surface area contributed by atoms with Gasteiger partial charge in [-0.05, 0) is 24.3 Å². The highest BCUT2D eigenvalue weighted by Crippen LogP contribution is 2.26. The Morgan fingerprint density at radius 1 is 1.44 bits per heavy atom. The summed E-state index contributed by atoms with van der Waals surface area (Å²) in [5.41, 5.74) is 7.84. The first-order valence-corrected chi connectivity index (χ1v) is 4.77. The minimum atomic E-state index is -0.925. The fourth-order valence-electron chi connectivity index (χ4n) is 1.50. The second-order valence-corrected chi connectivity index (χ2v) is 3.34. The standard InChI is InChI=1S/C11H11N3O2/c12-11-7-2-1-5-13-8(7)3-4-9(11)14-6-10(15)16/h1-5,14H,6,12H2,(H,15,16). The van der Waals surface area contributed by atoms with Crippen molar-refractivity contribution < 1.29 is 9.90 Å². The van der Waals surface area contributed by atoms with Gasteiger partial charge in [0, 0.05) is 11.6 Å². The Labute approximate surface area is 91.9 Å². The van der Waals surface area contributed by atoms with Crippen molar-refractivity contribution in [3.63, 3.8) is 0 Å². The van der Waals surface area contributed by atoms with E-state index >= 15 is 0 Å². The van der Waals surface area contributed by atoms with Gasteiger partial charge in [-0.15, -0.1) is 0 Å². The third-order valence-electron chi connectivity index (χ3n) is 2.26. The number of nitrogens with zero attached hydrogens (tertiary/aromatic N) is 1. The molecule has 0 aliphatic carbocycles. The van der Waals surface area contributed by atoms with Gasteiger partial charge in [-0.1, -0.05) is 0 Å². The number of carboxylic acids is 1.